The summed E-state index contributed by atoms with van der Waals surface area (Å²) in [6, 6.07) is 8.07. The Kier molecular flexibility index (Phi) is 6.41. The van der Waals surface area contributed by atoms with E-state index in [-0.39, 0.29) is 17.5 Å². The van der Waals surface area contributed by atoms with E-state index in [1.54, 1.807) is 0 Å². The molecule has 0 radical (unpaired) electrons. The molecule has 0 spiro atoms. The molecule has 2 aliphatic heterocycles. The van der Waals surface area contributed by atoms with Gasteiger partial charge in [0.25, 0.3) is 0 Å². The largest absolute Gasteiger partial charge is 0.339 e. The minimum atomic E-state index is 0.0719. The first-order chi connectivity index (χ1) is 17.6. The summed E-state index contributed by atoms with van der Waals surface area (Å²) in [5, 5.41) is 7.54. The van der Waals surface area contributed by atoms with Crippen molar-refractivity contribution in [3.05, 3.63) is 30.2 Å². The number of carbonyl (C=O) groups is 1. The molecule has 0 unspecified atom stereocenters. The number of nitrogens with zero attached hydrogens (tertiary/aromatic N) is 6. The fraction of sp³-hybridized carbons (Fsp3) is 0.630. The van der Waals surface area contributed by atoms with Crippen LogP contribution in [0.3, 0.4) is 0 Å². The minimum Gasteiger partial charge on any atom is -0.339 e. The van der Waals surface area contributed by atoms with E-state index < -0.39 is 0 Å². The standard InChI is InChI=1S/C27H37N7O2/c1-32-22-10-4-3-9-21(22)29-24(32)23-30-25(36-31-23)20-11-17-33(18-12-20)26(35)28-19-27(13-5-6-14-27)34-15-7-2-8-16-34/h3-4,9-10,20H,2,5-8,11-19H2,1H3,(H,28,35). The Morgan fingerprint density at radius 2 is 1.78 bits per heavy atom. The first-order valence-electron chi connectivity index (χ1n) is 13.7. The van der Waals surface area contributed by atoms with E-state index in [1.807, 2.05) is 40.8 Å². The van der Waals surface area contributed by atoms with Crippen LogP contribution in [0.15, 0.2) is 28.8 Å². The zero-order valence-electron chi connectivity index (χ0n) is 21.3. The van der Waals surface area contributed by atoms with Crippen LogP contribution in [0, 0.1) is 0 Å². The molecule has 192 valence electrons. The predicted octanol–water partition coefficient (Wildman–Crippen LogP) is 4.31. The molecular formula is C27H37N7O2. The van der Waals surface area contributed by atoms with Crippen molar-refractivity contribution in [3.63, 3.8) is 0 Å². The predicted molar refractivity (Wildman–Crippen MR) is 138 cm³/mol. The highest BCUT2D eigenvalue weighted by atomic mass is 16.5. The maximum Gasteiger partial charge on any atom is 0.317 e. The third-order valence-corrected chi connectivity index (χ3v) is 8.69. The topological polar surface area (TPSA) is 92.3 Å². The zero-order valence-corrected chi connectivity index (χ0v) is 21.3. The van der Waals surface area contributed by atoms with Gasteiger partial charge in [0.15, 0.2) is 5.82 Å². The van der Waals surface area contributed by atoms with Gasteiger partial charge in [0, 0.05) is 38.1 Å². The van der Waals surface area contributed by atoms with Crippen LogP contribution in [0.5, 0.6) is 0 Å². The quantitative estimate of drug-likeness (QED) is 0.572. The van der Waals surface area contributed by atoms with Gasteiger partial charge >= 0.3 is 6.03 Å². The number of piperidine rings is 2. The summed E-state index contributed by atoms with van der Waals surface area (Å²) in [4.78, 5) is 27.1. The molecule has 1 saturated carbocycles. The SMILES string of the molecule is Cn1c(-c2noc(C3CCN(C(=O)NCC4(N5CCCCC5)CCCC4)CC3)n2)nc2ccccc21. The average Bonchev–Trinajstić information content (AvgIpc) is 3.68. The van der Waals surface area contributed by atoms with Gasteiger partial charge < -0.3 is 19.3 Å². The van der Waals surface area contributed by atoms with E-state index in [0.29, 0.717) is 30.6 Å². The molecule has 9 heteroatoms. The van der Waals surface area contributed by atoms with Crippen LogP contribution >= 0.6 is 0 Å². The van der Waals surface area contributed by atoms with Crippen LogP contribution < -0.4 is 5.32 Å². The fourth-order valence-electron chi connectivity index (χ4n) is 6.53. The van der Waals surface area contributed by atoms with E-state index in [4.69, 9.17) is 9.51 Å². The summed E-state index contributed by atoms with van der Waals surface area (Å²) < 4.78 is 7.66. The Balaban J connectivity index is 1.05. The van der Waals surface area contributed by atoms with Crippen LogP contribution in [0.1, 0.15) is 69.6 Å². The summed E-state index contributed by atoms with van der Waals surface area (Å²) in [6.45, 7) is 4.55. The van der Waals surface area contributed by atoms with Gasteiger partial charge in [-0.2, -0.15) is 4.98 Å². The number of rotatable bonds is 5. The van der Waals surface area contributed by atoms with E-state index in [0.717, 1.165) is 30.4 Å². The molecule has 1 N–H and O–H groups in total. The number of imidazole rings is 1. The highest BCUT2D eigenvalue weighted by molar-refractivity contribution is 5.79. The summed E-state index contributed by atoms with van der Waals surface area (Å²) in [6.07, 6.45) is 10.5. The number of urea groups is 1. The number of nitrogens with one attached hydrogen (secondary N) is 1. The van der Waals surface area contributed by atoms with Crippen LogP contribution in [0.2, 0.25) is 0 Å². The van der Waals surface area contributed by atoms with Crippen molar-refractivity contribution in [1.29, 1.82) is 0 Å². The van der Waals surface area contributed by atoms with Crippen molar-refractivity contribution in [3.8, 4) is 11.6 Å². The first kappa shape index (κ1) is 23.5. The van der Waals surface area contributed by atoms with Crippen LogP contribution in [0.25, 0.3) is 22.7 Å². The summed E-state index contributed by atoms with van der Waals surface area (Å²) >= 11 is 0. The number of hydrogen-bond donors (Lipinski definition) is 1. The molecule has 6 rings (SSSR count). The van der Waals surface area contributed by atoms with Gasteiger partial charge in [-0.05, 0) is 63.7 Å². The smallest absolute Gasteiger partial charge is 0.317 e. The van der Waals surface area contributed by atoms with Crippen molar-refractivity contribution in [2.24, 2.45) is 7.05 Å². The molecule has 2 saturated heterocycles. The molecule has 1 aromatic carbocycles. The van der Waals surface area contributed by atoms with Gasteiger partial charge in [-0.3, -0.25) is 4.90 Å². The fourth-order valence-corrected chi connectivity index (χ4v) is 6.53. The van der Waals surface area contributed by atoms with Crippen LogP contribution in [0.4, 0.5) is 4.79 Å². The van der Waals surface area contributed by atoms with E-state index in [1.165, 1.54) is 58.0 Å². The van der Waals surface area contributed by atoms with Gasteiger partial charge in [-0.1, -0.05) is 36.6 Å². The third-order valence-electron chi connectivity index (χ3n) is 8.69. The number of likely N-dealkylation sites (tertiary alicyclic amines) is 2. The van der Waals surface area contributed by atoms with E-state index >= 15 is 0 Å². The van der Waals surface area contributed by atoms with Crippen molar-refractivity contribution >= 4 is 17.1 Å². The maximum atomic E-state index is 13.1. The van der Waals surface area contributed by atoms with Crippen molar-refractivity contribution in [1.82, 2.24) is 34.8 Å². The number of benzene rings is 1. The normalized spacial score (nSPS) is 21.3. The molecule has 4 heterocycles. The number of aromatic nitrogens is 4. The first-order valence-corrected chi connectivity index (χ1v) is 13.7. The number of hydrogen-bond acceptors (Lipinski definition) is 6. The third kappa shape index (κ3) is 4.38. The van der Waals surface area contributed by atoms with Gasteiger partial charge in [-0.15, -0.1) is 0 Å². The maximum absolute atomic E-state index is 13.1. The van der Waals surface area contributed by atoms with Crippen LogP contribution in [-0.4, -0.2) is 73.8 Å². The molecule has 0 atom stereocenters. The summed E-state index contributed by atoms with van der Waals surface area (Å²) in [7, 11) is 1.97. The van der Waals surface area contributed by atoms with Crippen molar-refractivity contribution in [2.45, 2.75) is 69.2 Å². The number of amides is 2. The van der Waals surface area contributed by atoms with Crippen molar-refractivity contribution < 1.29 is 9.32 Å². The number of carbonyl (C=O) groups excluding carboxylic acids is 1. The molecule has 2 aromatic heterocycles. The number of aryl methyl sites for hydroxylation is 1. The number of fused-ring (bicyclic) bond motifs is 1. The molecule has 9 nitrogen and oxygen atoms in total. The molecule has 3 aliphatic rings. The Morgan fingerprint density at radius 1 is 1.03 bits per heavy atom. The van der Waals surface area contributed by atoms with E-state index in [2.05, 4.69) is 20.4 Å². The molecule has 2 amide bonds. The van der Waals surface area contributed by atoms with Gasteiger partial charge in [-0.25, -0.2) is 9.78 Å². The van der Waals surface area contributed by atoms with E-state index in [9.17, 15) is 4.79 Å². The Hall–Kier alpha value is -2.94. The van der Waals surface area contributed by atoms with Gasteiger partial charge in [0.1, 0.15) is 0 Å². The lowest BCUT2D eigenvalue weighted by molar-refractivity contribution is 0.0695. The lowest BCUT2D eigenvalue weighted by Gasteiger charge is -2.44. The minimum absolute atomic E-state index is 0.0719. The number of para-hydroxylation sites is 2. The highest BCUT2D eigenvalue weighted by Gasteiger charge is 2.40. The molecular weight excluding hydrogens is 454 g/mol. The lowest BCUT2D eigenvalue weighted by atomic mass is 9.92. The summed E-state index contributed by atoms with van der Waals surface area (Å²) in [5.74, 6) is 2.03. The molecule has 0 bridgehead atoms. The Labute approximate surface area is 212 Å². The Morgan fingerprint density at radius 3 is 2.53 bits per heavy atom. The Bertz CT molecular complexity index is 1200. The monoisotopic (exact) mass is 491 g/mol. The molecule has 1 aliphatic carbocycles. The summed E-state index contributed by atoms with van der Waals surface area (Å²) in [5.41, 5.74) is 2.13. The second-order valence-corrected chi connectivity index (χ2v) is 10.8. The van der Waals surface area contributed by atoms with Gasteiger partial charge in [0.2, 0.25) is 11.7 Å². The van der Waals surface area contributed by atoms with Gasteiger partial charge in [0.05, 0.1) is 11.0 Å². The molecule has 3 aromatic rings. The highest BCUT2D eigenvalue weighted by Crippen LogP contribution is 2.37. The zero-order chi connectivity index (χ0) is 24.5. The molecule has 36 heavy (non-hydrogen) atoms. The van der Waals surface area contributed by atoms with Crippen molar-refractivity contribution in [2.75, 3.05) is 32.7 Å². The second kappa shape index (κ2) is 9.84. The molecule has 3 fully saturated rings. The lowest BCUT2D eigenvalue weighted by Crippen LogP contribution is -2.57. The van der Waals surface area contributed by atoms with Crippen LogP contribution in [-0.2, 0) is 7.05 Å². The average molecular weight is 492 g/mol. The second-order valence-electron chi connectivity index (χ2n) is 10.8.